The van der Waals surface area contributed by atoms with E-state index in [1.165, 1.54) is 11.1 Å². The number of benzene rings is 1. The molecule has 1 unspecified atom stereocenters. The summed E-state index contributed by atoms with van der Waals surface area (Å²) in [6.07, 6.45) is 1.28. The zero-order valence-corrected chi connectivity index (χ0v) is 12.4. The maximum Gasteiger partial charge on any atom is 0.120 e. The minimum absolute atomic E-state index is 0.259. The Labute approximate surface area is 112 Å². The van der Waals surface area contributed by atoms with E-state index in [1.54, 1.807) is 0 Å². The van der Waals surface area contributed by atoms with Crippen LogP contribution in [0.25, 0.3) is 0 Å². The summed E-state index contributed by atoms with van der Waals surface area (Å²) in [5.74, 6) is 1.56. The van der Waals surface area contributed by atoms with E-state index >= 15 is 0 Å². The zero-order valence-electron chi connectivity index (χ0n) is 12.4. The molecule has 0 spiro atoms. The molecule has 2 nitrogen and oxygen atoms in total. The molecule has 0 aromatic heterocycles. The van der Waals surface area contributed by atoms with Gasteiger partial charge in [-0.3, -0.25) is 0 Å². The Morgan fingerprint density at radius 3 is 2.44 bits per heavy atom. The lowest BCUT2D eigenvalue weighted by Crippen LogP contribution is -2.30. The van der Waals surface area contributed by atoms with Crippen LogP contribution in [0.5, 0.6) is 5.75 Å². The first-order valence-electron chi connectivity index (χ1n) is 7.06. The molecule has 0 saturated heterocycles. The van der Waals surface area contributed by atoms with Crippen LogP contribution < -0.4 is 10.1 Å². The van der Waals surface area contributed by atoms with Gasteiger partial charge in [-0.25, -0.2) is 0 Å². The Morgan fingerprint density at radius 2 is 1.94 bits per heavy atom. The van der Waals surface area contributed by atoms with Gasteiger partial charge in [-0.15, -0.1) is 0 Å². The third-order valence-electron chi connectivity index (χ3n) is 3.24. The molecule has 1 aromatic rings. The highest BCUT2D eigenvalue weighted by Crippen LogP contribution is 2.24. The van der Waals surface area contributed by atoms with Gasteiger partial charge in [0.1, 0.15) is 11.9 Å². The minimum atomic E-state index is 0.259. The Morgan fingerprint density at radius 1 is 1.22 bits per heavy atom. The normalized spacial score (nSPS) is 12.8. The molecule has 1 aromatic carbocycles. The van der Waals surface area contributed by atoms with Gasteiger partial charge in [0.25, 0.3) is 0 Å². The number of rotatable bonds is 7. The largest absolute Gasteiger partial charge is 0.489 e. The molecule has 0 amide bonds. The summed E-state index contributed by atoms with van der Waals surface area (Å²) in [5, 5.41) is 3.34. The molecule has 102 valence electrons. The second-order valence-electron chi connectivity index (χ2n) is 5.13. The Balaban J connectivity index is 2.69. The first kappa shape index (κ1) is 15.0. The monoisotopic (exact) mass is 249 g/mol. The summed E-state index contributed by atoms with van der Waals surface area (Å²) in [7, 11) is 0. The number of ether oxygens (including phenoxy) is 1. The van der Waals surface area contributed by atoms with Gasteiger partial charge in [0.2, 0.25) is 0 Å². The molecule has 1 atom stereocenters. The average molecular weight is 249 g/mol. The lowest BCUT2D eigenvalue weighted by molar-refractivity contribution is 0.194. The van der Waals surface area contributed by atoms with Gasteiger partial charge >= 0.3 is 0 Å². The molecule has 18 heavy (non-hydrogen) atoms. The number of nitrogens with one attached hydrogen (secondary N) is 1. The molecular weight excluding hydrogens is 222 g/mol. The van der Waals surface area contributed by atoms with E-state index in [-0.39, 0.29) is 6.10 Å². The van der Waals surface area contributed by atoms with Gasteiger partial charge in [0, 0.05) is 6.54 Å². The summed E-state index contributed by atoms with van der Waals surface area (Å²) in [4.78, 5) is 0. The van der Waals surface area contributed by atoms with Crippen LogP contribution >= 0.6 is 0 Å². The van der Waals surface area contributed by atoms with Gasteiger partial charge < -0.3 is 10.1 Å². The number of hydrogen-bond acceptors (Lipinski definition) is 2. The van der Waals surface area contributed by atoms with Crippen LogP contribution in [-0.2, 0) is 0 Å². The highest BCUT2D eigenvalue weighted by Gasteiger charge is 2.09. The highest BCUT2D eigenvalue weighted by molar-refractivity contribution is 5.36. The van der Waals surface area contributed by atoms with Crippen molar-refractivity contribution in [1.82, 2.24) is 5.32 Å². The van der Waals surface area contributed by atoms with Crippen molar-refractivity contribution in [3.05, 3.63) is 29.3 Å². The summed E-state index contributed by atoms with van der Waals surface area (Å²) in [6.45, 7) is 12.8. The third-order valence-corrected chi connectivity index (χ3v) is 3.24. The standard InChI is InChI=1S/C16H27NO/c1-6-14(11-17-7-2)18-15-8-9-16(12(3)4)13(5)10-15/h8-10,12,14,17H,6-7,11H2,1-5H3. The van der Waals surface area contributed by atoms with Crippen molar-refractivity contribution in [2.45, 2.75) is 53.1 Å². The Bertz CT molecular complexity index is 360. The van der Waals surface area contributed by atoms with Crippen molar-refractivity contribution in [1.29, 1.82) is 0 Å². The first-order valence-corrected chi connectivity index (χ1v) is 7.06. The minimum Gasteiger partial charge on any atom is -0.489 e. The van der Waals surface area contributed by atoms with Crippen LogP contribution in [-0.4, -0.2) is 19.2 Å². The fourth-order valence-corrected chi connectivity index (χ4v) is 2.14. The Kier molecular flexibility index (Phi) is 6.20. The topological polar surface area (TPSA) is 21.3 Å². The highest BCUT2D eigenvalue weighted by atomic mass is 16.5. The van der Waals surface area contributed by atoms with Gasteiger partial charge in [-0.2, -0.15) is 0 Å². The van der Waals surface area contributed by atoms with Crippen molar-refractivity contribution >= 4 is 0 Å². The maximum atomic E-state index is 6.02. The summed E-state index contributed by atoms with van der Waals surface area (Å²) in [6, 6.07) is 6.44. The zero-order chi connectivity index (χ0) is 13.5. The number of hydrogen-bond donors (Lipinski definition) is 1. The predicted molar refractivity (Wildman–Crippen MR) is 78.5 cm³/mol. The van der Waals surface area contributed by atoms with Crippen LogP contribution in [0.2, 0.25) is 0 Å². The summed E-state index contributed by atoms with van der Waals surface area (Å²) < 4.78 is 6.02. The quantitative estimate of drug-likeness (QED) is 0.791. The van der Waals surface area contributed by atoms with Crippen LogP contribution in [0, 0.1) is 6.92 Å². The molecule has 0 aliphatic carbocycles. The summed E-state index contributed by atoms with van der Waals surface area (Å²) in [5.41, 5.74) is 2.72. The SMILES string of the molecule is CCNCC(CC)Oc1ccc(C(C)C)c(C)c1. The number of likely N-dealkylation sites (N-methyl/N-ethyl adjacent to an activating group) is 1. The molecule has 1 N–H and O–H groups in total. The lowest BCUT2D eigenvalue weighted by Gasteiger charge is -2.19. The summed E-state index contributed by atoms with van der Waals surface area (Å²) >= 11 is 0. The van der Waals surface area contributed by atoms with Crippen molar-refractivity contribution in [3.8, 4) is 5.75 Å². The van der Waals surface area contributed by atoms with E-state index in [0.717, 1.165) is 25.3 Å². The second kappa shape index (κ2) is 7.42. The Hall–Kier alpha value is -1.02. The maximum absolute atomic E-state index is 6.02. The van der Waals surface area contributed by atoms with Gasteiger partial charge in [-0.05, 0) is 49.1 Å². The average Bonchev–Trinajstić information content (AvgIpc) is 2.34. The van der Waals surface area contributed by atoms with Crippen molar-refractivity contribution in [3.63, 3.8) is 0 Å². The predicted octanol–water partition coefficient (Wildman–Crippen LogP) is 3.89. The van der Waals surface area contributed by atoms with Gasteiger partial charge in [0.05, 0.1) is 0 Å². The molecule has 0 aliphatic rings. The molecule has 0 radical (unpaired) electrons. The molecular formula is C16H27NO. The molecule has 0 bridgehead atoms. The molecule has 0 saturated carbocycles. The molecule has 0 aliphatic heterocycles. The van der Waals surface area contributed by atoms with Crippen LogP contribution in [0.15, 0.2) is 18.2 Å². The first-order chi connectivity index (χ1) is 8.58. The van der Waals surface area contributed by atoms with Gasteiger partial charge in [0.15, 0.2) is 0 Å². The molecule has 0 heterocycles. The van der Waals surface area contributed by atoms with E-state index in [9.17, 15) is 0 Å². The van der Waals surface area contributed by atoms with Crippen molar-refractivity contribution in [2.75, 3.05) is 13.1 Å². The van der Waals surface area contributed by atoms with E-state index in [1.807, 2.05) is 0 Å². The molecule has 2 heteroatoms. The smallest absolute Gasteiger partial charge is 0.120 e. The second-order valence-corrected chi connectivity index (χ2v) is 5.13. The van der Waals surface area contributed by atoms with Gasteiger partial charge in [-0.1, -0.05) is 33.8 Å². The van der Waals surface area contributed by atoms with Crippen molar-refractivity contribution in [2.24, 2.45) is 0 Å². The third kappa shape index (κ3) is 4.34. The van der Waals surface area contributed by atoms with Crippen LogP contribution in [0.3, 0.4) is 0 Å². The fourth-order valence-electron chi connectivity index (χ4n) is 2.14. The van der Waals surface area contributed by atoms with E-state index < -0.39 is 0 Å². The van der Waals surface area contributed by atoms with Crippen LogP contribution in [0.4, 0.5) is 0 Å². The van der Waals surface area contributed by atoms with E-state index in [2.05, 4.69) is 58.1 Å². The van der Waals surface area contributed by atoms with E-state index in [0.29, 0.717) is 5.92 Å². The molecule has 1 rings (SSSR count). The van der Waals surface area contributed by atoms with E-state index in [4.69, 9.17) is 4.74 Å². The fraction of sp³-hybridized carbons (Fsp3) is 0.625. The lowest BCUT2D eigenvalue weighted by atomic mass is 9.98. The number of aryl methyl sites for hydroxylation is 1. The molecule has 0 fully saturated rings. The van der Waals surface area contributed by atoms with Crippen molar-refractivity contribution < 1.29 is 4.74 Å². The van der Waals surface area contributed by atoms with Crippen LogP contribution in [0.1, 0.15) is 51.2 Å².